The van der Waals surface area contributed by atoms with Crippen LogP contribution in [0, 0.1) is 0 Å². The van der Waals surface area contributed by atoms with Gasteiger partial charge in [0.05, 0.1) is 6.54 Å². The third-order valence-electron chi connectivity index (χ3n) is 2.74. The Morgan fingerprint density at radius 2 is 1.50 bits per heavy atom. The van der Waals surface area contributed by atoms with E-state index < -0.39 is 23.0 Å². The zero-order valence-corrected chi connectivity index (χ0v) is 11.5. The number of nitrogens with zero attached hydrogens (tertiary/aromatic N) is 3. The van der Waals surface area contributed by atoms with Crippen molar-refractivity contribution < 1.29 is 9.53 Å². The molecule has 110 valence electrons. The minimum atomic E-state index is -0.707. The summed E-state index contributed by atoms with van der Waals surface area (Å²) in [5.74, 6) is -0.641. The van der Waals surface area contributed by atoms with Crippen molar-refractivity contribution in [1.82, 2.24) is 13.7 Å². The molecule has 0 aliphatic carbocycles. The van der Waals surface area contributed by atoms with Gasteiger partial charge in [-0.3, -0.25) is 0 Å². The predicted octanol–water partition coefficient (Wildman–Crippen LogP) is -1.06. The molecule has 0 fully saturated rings. The molecular weight excluding hydrogens is 266 g/mol. The van der Waals surface area contributed by atoms with E-state index in [9.17, 15) is 19.2 Å². The zero-order chi connectivity index (χ0) is 15.3. The van der Waals surface area contributed by atoms with Crippen LogP contribution in [0.2, 0.25) is 0 Å². The van der Waals surface area contributed by atoms with Crippen molar-refractivity contribution in [3.05, 3.63) is 44.1 Å². The van der Waals surface area contributed by atoms with Crippen molar-refractivity contribution >= 4 is 5.97 Å². The van der Waals surface area contributed by atoms with Crippen molar-refractivity contribution in [1.29, 1.82) is 0 Å². The first-order valence-electron chi connectivity index (χ1n) is 6.21. The molecule has 0 unspecified atom stereocenters. The van der Waals surface area contributed by atoms with Crippen LogP contribution in [0.25, 0.3) is 0 Å². The Kier molecular flexibility index (Phi) is 5.24. The molecule has 0 atom stereocenters. The Labute approximate surface area is 114 Å². The van der Waals surface area contributed by atoms with Crippen LogP contribution in [0.5, 0.6) is 0 Å². The molecule has 0 aromatic carbocycles. The Morgan fingerprint density at radius 3 is 1.90 bits per heavy atom. The molecule has 0 saturated heterocycles. The van der Waals surface area contributed by atoms with Crippen LogP contribution in [0.1, 0.15) is 13.8 Å². The summed E-state index contributed by atoms with van der Waals surface area (Å²) in [7, 11) is 0. The molecule has 1 aromatic rings. The predicted molar refractivity (Wildman–Crippen MR) is 71.7 cm³/mol. The van der Waals surface area contributed by atoms with E-state index in [-0.39, 0.29) is 26.2 Å². The lowest BCUT2D eigenvalue weighted by atomic mass is 10.6. The summed E-state index contributed by atoms with van der Waals surface area (Å²) in [5.41, 5.74) is -2.05. The van der Waals surface area contributed by atoms with E-state index in [1.54, 1.807) is 13.8 Å². The Bertz CT molecular complexity index is 638. The highest BCUT2D eigenvalue weighted by molar-refractivity contribution is 5.81. The van der Waals surface area contributed by atoms with Gasteiger partial charge in [-0.15, -0.1) is 0 Å². The molecule has 0 spiro atoms. The lowest BCUT2D eigenvalue weighted by Crippen LogP contribution is -2.54. The number of hydrogen-bond acceptors (Lipinski definition) is 5. The molecule has 1 rings (SSSR count). The maximum Gasteiger partial charge on any atom is 0.336 e. The fraction of sp³-hybridized carbons (Fsp3) is 0.500. The normalized spacial score (nSPS) is 10.3. The number of hydrogen-bond donors (Lipinski definition) is 0. The van der Waals surface area contributed by atoms with Gasteiger partial charge in [-0.25, -0.2) is 32.9 Å². The van der Waals surface area contributed by atoms with Gasteiger partial charge in [0.2, 0.25) is 0 Å². The van der Waals surface area contributed by atoms with Crippen LogP contribution in [-0.4, -0.2) is 26.3 Å². The monoisotopic (exact) mass is 283 g/mol. The van der Waals surface area contributed by atoms with Gasteiger partial charge in [0, 0.05) is 19.2 Å². The highest BCUT2D eigenvalue weighted by atomic mass is 16.5. The molecule has 20 heavy (non-hydrogen) atoms. The van der Waals surface area contributed by atoms with Gasteiger partial charge in [-0.2, -0.15) is 0 Å². The molecule has 0 bridgehead atoms. The molecule has 1 heterocycles. The third kappa shape index (κ3) is 2.95. The molecule has 0 N–H and O–H groups in total. The minimum absolute atomic E-state index is 0.114. The maximum atomic E-state index is 12.0. The fourth-order valence-electron chi connectivity index (χ4n) is 1.71. The van der Waals surface area contributed by atoms with Crippen molar-refractivity contribution in [2.24, 2.45) is 0 Å². The number of aromatic nitrogens is 3. The minimum Gasteiger partial charge on any atom is -0.461 e. The van der Waals surface area contributed by atoms with E-state index in [0.717, 1.165) is 19.8 Å². The molecule has 1 aromatic heterocycles. The van der Waals surface area contributed by atoms with Gasteiger partial charge < -0.3 is 4.74 Å². The summed E-state index contributed by atoms with van der Waals surface area (Å²) in [6.07, 6.45) is 0.986. The van der Waals surface area contributed by atoms with Gasteiger partial charge in [0.25, 0.3) is 0 Å². The Balaban J connectivity index is 3.23. The van der Waals surface area contributed by atoms with Gasteiger partial charge >= 0.3 is 23.0 Å². The van der Waals surface area contributed by atoms with E-state index in [4.69, 9.17) is 4.74 Å². The molecule has 0 aliphatic rings. The van der Waals surface area contributed by atoms with Gasteiger partial charge in [0.1, 0.15) is 6.61 Å². The fourth-order valence-corrected chi connectivity index (χ4v) is 1.71. The number of rotatable bonds is 6. The highest BCUT2D eigenvalue weighted by Crippen LogP contribution is 1.82. The summed E-state index contributed by atoms with van der Waals surface area (Å²) in [5, 5.41) is 0. The molecular formula is C12H17N3O5. The van der Waals surface area contributed by atoms with Crippen LogP contribution in [-0.2, 0) is 29.2 Å². The molecule has 8 heteroatoms. The number of ether oxygens (including phenoxy) is 1. The van der Waals surface area contributed by atoms with E-state index in [0.29, 0.717) is 0 Å². The lowest BCUT2D eigenvalue weighted by Gasteiger charge is -2.11. The summed E-state index contributed by atoms with van der Waals surface area (Å²) >= 11 is 0. The largest absolute Gasteiger partial charge is 0.461 e. The summed E-state index contributed by atoms with van der Waals surface area (Å²) < 4.78 is 7.53. The lowest BCUT2D eigenvalue weighted by molar-refractivity contribution is -0.138. The number of esters is 1. The smallest absolute Gasteiger partial charge is 0.336 e. The second kappa shape index (κ2) is 6.69. The first kappa shape index (κ1) is 15.7. The Morgan fingerprint density at radius 1 is 1.05 bits per heavy atom. The van der Waals surface area contributed by atoms with Crippen LogP contribution in [0.4, 0.5) is 0 Å². The van der Waals surface area contributed by atoms with E-state index >= 15 is 0 Å². The van der Waals surface area contributed by atoms with Crippen LogP contribution in [0.3, 0.4) is 0 Å². The average molecular weight is 283 g/mol. The summed E-state index contributed by atoms with van der Waals surface area (Å²) in [6.45, 7) is 6.56. The van der Waals surface area contributed by atoms with Crippen LogP contribution in [0.15, 0.2) is 27.0 Å². The molecule has 0 aliphatic heterocycles. The van der Waals surface area contributed by atoms with E-state index in [1.807, 2.05) is 0 Å². The summed E-state index contributed by atoms with van der Waals surface area (Å²) in [4.78, 5) is 46.8. The number of carbonyl (C=O) groups is 1. The van der Waals surface area contributed by atoms with Crippen molar-refractivity contribution in [2.75, 3.05) is 6.61 Å². The van der Waals surface area contributed by atoms with Crippen molar-refractivity contribution in [2.45, 2.75) is 33.5 Å². The standard InChI is InChI=1S/C12H17N3O5/c1-4-9(16)20-8-7-15-11(18)13(5-2)10(17)14(6-3)12(15)19/h4H,1,5-8H2,2-3H3. The van der Waals surface area contributed by atoms with Gasteiger partial charge in [-0.05, 0) is 13.8 Å². The van der Waals surface area contributed by atoms with Crippen LogP contribution < -0.4 is 17.1 Å². The second-order valence-corrected chi connectivity index (χ2v) is 3.86. The van der Waals surface area contributed by atoms with Crippen molar-refractivity contribution in [3.63, 3.8) is 0 Å². The molecule has 0 amide bonds. The summed E-state index contributed by atoms with van der Waals surface area (Å²) in [6, 6.07) is 0. The SMILES string of the molecule is C=CC(=O)OCCn1c(=O)n(CC)c(=O)n(CC)c1=O. The topological polar surface area (TPSA) is 92.3 Å². The maximum absolute atomic E-state index is 12.0. The van der Waals surface area contributed by atoms with Gasteiger partial charge in [0.15, 0.2) is 0 Å². The molecule has 8 nitrogen and oxygen atoms in total. The highest BCUT2D eigenvalue weighted by Gasteiger charge is 2.13. The zero-order valence-electron chi connectivity index (χ0n) is 11.5. The van der Waals surface area contributed by atoms with E-state index in [2.05, 4.69) is 6.58 Å². The average Bonchev–Trinajstić information content (AvgIpc) is 2.43. The Hall–Kier alpha value is -2.38. The quantitative estimate of drug-likeness (QED) is 0.490. The van der Waals surface area contributed by atoms with Crippen LogP contribution >= 0.6 is 0 Å². The third-order valence-corrected chi connectivity index (χ3v) is 2.74. The first-order chi connectivity index (χ1) is 9.47. The van der Waals surface area contributed by atoms with Gasteiger partial charge in [-0.1, -0.05) is 6.58 Å². The second-order valence-electron chi connectivity index (χ2n) is 3.86. The molecule has 0 radical (unpaired) electrons. The molecule has 0 saturated carbocycles. The first-order valence-corrected chi connectivity index (χ1v) is 6.21. The van der Waals surface area contributed by atoms with Crippen molar-refractivity contribution in [3.8, 4) is 0 Å². The number of carbonyl (C=O) groups excluding carboxylic acids is 1. The van der Waals surface area contributed by atoms with E-state index in [1.165, 1.54) is 0 Å².